The summed E-state index contributed by atoms with van der Waals surface area (Å²) in [7, 11) is -2.89. The van der Waals surface area contributed by atoms with Crippen molar-refractivity contribution in [1.29, 1.82) is 0 Å². The monoisotopic (exact) mass is 310 g/mol. The summed E-state index contributed by atoms with van der Waals surface area (Å²) in [5, 5.41) is 2.77. The molecule has 6 heteroatoms. The molecule has 0 radical (unpaired) electrons. The van der Waals surface area contributed by atoms with Gasteiger partial charge in [0.05, 0.1) is 17.5 Å². The Bertz CT molecular complexity index is 572. The predicted octanol–water partition coefficient (Wildman–Crippen LogP) is 0.497. The number of amides is 1. The highest BCUT2D eigenvalue weighted by molar-refractivity contribution is 7.91. The molecule has 0 spiro atoms. The molecule has 2 atom stereocenters. The van der Waals surface area contributed by atoms with E-state index < -0.39 is 15.9 Å². The second-order valence-corrected chi connectivity index (χ2v) is 7.87. The summed E-state index contributed by atoms with van der Waals surface area (Å²) in [5.74, 6) is 0.232. The zero-order valence-electron chi connectivity index (χ0n) is 12.0. The van der Waals surface area contributed by atoms with Gasteiger partial charge < -0.3 is 11.1 Å². The molecule has 5 nitrogen and oxygen atoms in total. The third kappa shape index (κ3) is 5.13. The fourth-order valence-corrected chi connectivity index (χ4v) is 4.37. The van der Waals surface area contributed by atoms with Crippen LogP contribution in [0.3, 0.4) is 0 Å². The summed E-state index contributed by atoms with van der Waals surface area (Å²) >= 11 is 0. The number of carbonyl (C=O) groups is 1. The zero-order valence-corrected chi connectivity index (χ0v) is 12.8. The molecule has 0 bridgehead atoms. The van der Waals surface area contributed by atoms with E-state index in [1.807, 2.05) is 30.3 Å². The molecule has 1 aliphatic rings. The Morgan fingerprint density at radius 2 is 2.05 bits per heavy atom. The number of carbonyl (C=O) groups excluding carboxylic acids is 1. The van der Waals surface area contributed by atoms with Gasteiger partial charge in [-0.1, -0.05) is 30.3 Å². The normalized spacial score (nSPS) is 21.9. The van der Waals surface area contributed by atoms with Gasteiger partial charge >= 0.3 is 0 Å². The van der Waals surface area contributed by atoms with Crippen molar-refractivity contribution in [3.8, 4) is 0 Å². The summed E-state index contributed by atoms with van der Waals surface area (Å²) < 4.78 is 22.7. The number of nitrogens with two attached hydrogens (primary N) is 1. The van der Waals surface area contributed by atoms with E-state index >= 15 is 0 Å². The molecule has 1 fully saturated rings. The first-order valence-corrected chi connectivity index (χ1v) is 9.06. The largest absolute Gasteiger partial charge is 0.354 e. The molecular formula is C15H22N2O3S. The highest BCUT2D eigenvalue weighted by Gasteiger charge is 2.28. The van der Waals surface area contributed by atoms with Crippen LogP contribution >= 0.6 is 0 Å². The molecule has 2 unspecified atom stereocenters. The van der Waals surface area contributed by atoms with Crippen LogP contribution < -0.4 is 11.1 Å². The van der Waals surface area contributed by atoms with E-state index in [9.17, 15) is 13.2 Å². The van der Waals surface area contributed by atoms with Crippen molar-refractivity contribution >= 4 is 15.7 Å². The van der Waals surface area contributed by atoms with Crippen LogP contribution in [0.1, 0.15) is 18.4 Å². The maximum Gasteiger partial charge on any atom is 0.236 e. The number of aryl methyl sites for hydroxylation is 1. The Balaban J connectivity index is 1.70. The lowest BCUT2D eigenvalue weighted by Gasteiger charge is -2.14. The van der Waals surface area contributed by atoms with E-state index in [1.54, 1.807) is 0 Å². The van der Waals surface area contributed by atoms with Gasteiger partial charge in [-0.3, -0.25) is 4.79 Å². The molecule has 1 heterocycles. The molecule has 1 aromatic carbocycles. The van der Waals surface area contributed by atoms with Crippen molar-refractivity contribution in [2.45, 2.75) is 25.3 Å². The van der Waals surface area contributed by atoms with Gasteiger partial charge in [-0.2, -0.15) is 0 Å². The van der Waals surface area contributed by atoms with E-state index in [2.05, 4.69) is 5.32 Å². The number of hydrogen-bond donors (Lipinski definition) is 2. The van der Waals surface area contributed by atoms with Gasteiger partial charge in [0.1, 0.15) is 0 Å². The molecule has 0 aliphatic carbocycles. The van der Waals surface area contributed by atoms with Crippen LogP contribution in [0.25, 0.3) is 0 Å². The molecule has 1 aliphatic heterocycles. The lowest BCUT2D eigenvalue weighted by Crippen LogP contribution is -2.42. The maximum absolute atomic E-state index is 11.9. The van der Waals surface area contributed by atoms with Gasteiger partial charge in [0.2, 0.25) is 5.91 Å². The Hall–Kier alpha value is -1.40. The average Bonchev–Trinajstić information content (AvgIpc) is 2.82. The van der Waals surface area contributed by atoms with Crippen molar-refractivity contribution in [2.24, 2.45) is 11.7 Å². The highest BCUT2D eigenvalue weighted by atomic mass is 32.2. The van der Waals surface area contributed by atoms with Gasteiger partial charge in [0.15, 0.2) is 9.84 Å². The average molecular weight is 310 g/mol. The molecule has 1 saturated heterocycles. The minimum atomic E-state index is -2.89. The SMILES string of the molecule is NC(CCc1ccccc1)C(=O)NCC1CCS(=O)(=O)C1. The third-order valence-corrected chi connectivity index (χ3v) is 5.65. The lowest BCUT2D eigenvalue weighted by atomic mass is 10.0. The van der Waals surface area contributed by atoms with Crippen LogP contribution in [0.15, 0.2) is 30.3 Å². The Kier molecular flexibility index (Phi) is 5.36. The topological polar surface area (TPSA) is 89.3 Å². The van der Waals surface area contributed by atoms with Crippen molar-refractivity contribution < 1.29 is 13.2 Å². The summed E-state index contributed by atoms with van der Waals surface area (Å²) in [6.07, 6.45) is 1.97. The first kappa shape index (κ1) is 16.0. The number of hydrogen-bond acceptors (Lipinski definition) is 4. The van der Waals surface area contributed by atoms with Crippen molar-refractivity contribution in [3.63, 3.8) is 0 Å². The van der Waals surface area contributed by atoms with Crippen LogP contribution in [-0.4, -0.2) is 38.4 Å². The van der Waals surface area contributed by atoms with Crippen molar-refractivity contribution in [2.75, 3.05) is 18.1 Å². The van der Waals surface area contributed by atoms with E-state index in [4.69, 9.17) is 5.73 Å². The summed E-state index contributed by atoms with van der Waals surface area (Å²) in [5.41, 5.74) is 7.03. The molecule has 21 heavy (non-hydrogen) atoms. The standard InChI is InChI=1S/C15H22N2O3S/c16-14(7-6-12-4-2-1-3-5-12)15(18)17-10-13-8-9-21(19,20)11-13/h1-5,13-14H,6-11,16H2,(H,17,18). The third-order valence-electron chi connectivity index (χ3n) is 3.82. The second kappa shape index (κ2) is 7.04. The molecule has 116 valence electrons. The van der Waals surface area contributed by atoms with Gasteiger partial charge in [-0.15, -0.1) is 0 Å². The van der Waals surface area contributed by atoms with Crippen LogP contribution in [0.4, 0.5) is 0 Å². The van der Waals surface area contributed by atoms with Crippen LogP contribution in [0.5, 0.6) is 0 Å². The summed E-state index contributed by atoms with van der Waals surface area (Å²) in [6, 6.07) is 9.33. The summed E-state index contributed by atoms with van der Waals surface area (Å²) in [4.78, 5) is 11.9. The first-order valence-electron chi connectivity index (χ1n) is 7.24. The molecule has 0 saturated carbocycles. The Labute approximate surface area is 125 Å². The highest BCUT2D eigenvalue weighted by Crippen LogP contribution is 2.17. The van der Waals surface area contributed by atoms with Gasteiger partial charge in [-0.25, -0.2) is 8.42 Å². The van der Waals surface area contributed by atoms with E-state index in [0.29, 0.717) is 19.4 Å². The molecule has 1 aromatic rings. The summed E-state index contributed by atoms with van der Waals surface area (Å²) in [6.45, 7) is 0.400. The maximum atomic E-state index is 11.9. The van der Waals surface area contributed by atoms with Crippen LogP contribution in [-0.2, 0) is 21.1 Å². The first-order chi connectivity index (χ1) is 9.96. The fourth-order valence-electron chi connectivity index (χ4n) is 2.51. The number of nitrogens with one attached hydrogen (secondary N) is 1. The molecular weight excluding hydrogens is 288 g/mol. The van der Waals surface area contributed by atoms with E-state index in [-0.39, 0.29) is 23.3 Å². The Morgan fingerprint density at radius 1 is 1.33 bits per heavy atom. The quantitative estimate of drug-likeness (QED) is 0.800. The predicted molar refractivity (Wildman–Crippen MR) is 82.5 cm³/mol. The Morgan fingerprint density at radius 3 is 2.67 bits per heavy atom. The fraction of sp³-hybridized carbons (Fsp3) is 0.533. The van der Waals surface area contributed by atoms with Crippen LogP contribution in [0.2, 0.25) is 0 Å². The lowest BCUT2D eigenvalue weighted by molar-refractivity contribution is -0.122. The smallest absolute Gasteiger partial charge is 0.236 e. The van der Waals surface area contributed by atoms with Crippen LogP contribution in [0, 0.1) is 5.92 Å². The molecule has 2 rings (SSSR count). The number of sulfone groups is 1. The van der Waals surface area contributed by atoms with E-state index in [0.717, 1.165) is 12.0 Å². The van der Waals surface area contributed by atoms with Gasteiger partial charge in [0.25, 0.3) is 0 Å². The van der Waals surface area contributed by atoms with Crippen molar-refractivity contribution in [3.05, 3.63) is 35.9 Å². The minimum Gasteiger partial charge on any atom is -0.354 e. The van der Waals surface area contributed by atoms with Gasteiger partial charge in [-0.05, 0) is 30.7 Å². The van der Waals surface area contributed by atoms with Gasteiger partial charge in [0, 0.05) is 6.54 Å². The van der Waals surface area contributed by atoms with E-state index in [1.165, 1.54) is 0 Å². The number of benzene rings is 1. The zero-order chi connectivity index (χ0) is 15.3. The second-order valence-electron chi connectivity index (χ2n) is 5.64. The minimum absolute atomic E-state index is 0.0280. The molecule has 0 aromatic heterocycles. The molecule has 1 amide bonds. The van der Waals surface area contributed by atoms with Crippen molar-refractivity contribution in [1.82, 2.24) is 5.32 Å². The molecule has 3 N–H and O–H groups in total. The number of rotatable bonds is 6.